The van der Waals surface area contributed by atoms with Crippen molar-refractivity contribution in [2.45, 2.75) is 32.1 Å². The monoisotopic (exact) mass is 229 g/mol. The Morgan fingerprint density at radius 1 is 1.47 bits per heavy atom. The van der Waals surface area contributed by atoms with Crippen molar-refractivity contribution in [3.05, 3.63) is 0 Å². The predicted octanol–water partition coefficient (Wildman–Crippen LogP) is 1.07. The summed E-state index contributed by atoms with van der Waals surface area (Å²) < 4.78 is 22.0. The third-order valence-corrected chi connectivity index (χ3v) is 3.85. The van der Waals surface area contributed by atoms with Gasteiger partial charge in [-0.3, -0.25) is 4.79 Å². The van der Waals surface area contributed by atoms with E-state index < -0.39 is 15.3 Å². The van der Waals surface area contributed by atoms with E-state index in [0.717, 1.165) is 19.1 Å². The summed E-state index contributed by atoms with van der Waals surface area (Å²) >= 11 is 0. The van der Waals surface area contributed by atoms with Crippen LogP contribution in [0.15, 0.2) is 0 Å². The van der Waals surface area contributed by atoms with Crippen LogP contribution in [-0.2, 0) is 14.6 Å². The molecule has 1 fully saturated rings. The van der Waals surface area contributed by atoms with Crippen molar-refractivity contribution < 1.29 is 13.2 Å². The number of hydrogen-bond donors (Lipinski definition) is 0. The van der Waals surface area contributed by atoms with E-state index in [0.29, 0.717) is 12.8 Å². The van der Waals surface area contributed by atoms with Crippen LogP contribution in [0.1, 0.15) is 32.1 Å². The van der Waals surface area contributed by atoms with Gasteiger partial charge in [0.15, 0.2) is 5.78 Å². The molecule has 0 aromatic rings. The molecule has 0 aromatic carbocycles. The molecule has 84 valence electrons. The van der Waals surface area contributed by atoms with Gasteiger partial charge < -0.3 is 0 Å². The van der Waals surface area contributed by atoms with Crippen molar-refractivity contribution in [2.75, 3.05) is 12.0 Å². The lowest BCUT2D eigenvalue weighted by molar-refractivity contribution is -0.128. The highest BCUT2D eigenvalue weighted by Crippen LogP contribution is 2.36. The molecule has 0 aliphatic heterocycles. The molecular weight excluding hydrogens is 214 g/mol. The zero-order chi connectivity index (χ0) is 11.5. The minimum Gasteiger partial charge on any atom is -0.298 e. The Hall–Kier alpha value is -0.890. The van der Waals surface area contributed by atoms with Gasteiger partial charge in [-0.1, -0.05) is 6.42 Å². The Bertz CT molecular complexity index is 393. The summed E-state index contributed by atoms with van der Waals surface area (Å²) in [7, 11) is -3.10. The molecule has 0 spiro atoms. The van der Waals surface area contributed by atoms with Crippen LogP contribution in [0.3, 0.4) is 0 Å². The summed E-state index contributed by atoms with van der Waals surface area (Å²) in [4.78, 5) is 11.6. The number of ketones is 1. The molecule has 1 aliphatic carbocycles. The lowest BCUT2D eigenvalue weighted by Crippen LogP contribution is -2.34. The normalized spacial score (nSPS) is 27.3. The molecule has 0 heterocycles. The summed E-state index contributed by atoms with van der Waals surface area (Å²) in [5, 5.41) is 9.04. The van der Waals surface area contributed by atoms with Gasteiger partial charge in [-0.05, 0) is 19.3 Å². The summed E-state index contributed by atoms with van der Waals surface area (Å²) in [5.41, 5.74) is -1.03. The van der Waals surface area contributed by atoms with Gasteiger partial charge in [-0.2, -0.15) is 5.26 Å². The van der Waals surface area contributed by atoms with Gasteiger partial charge in [-0.15, -0.1) is 0 Å². The summed E-state index contributed by atoms with van der Waals surface area (Å²) in [6.45, 7) is 0. The van der Waals surface area contributed by atoms with Crippen LogP contribution in [0, 0.1) is 16.7 Å². The Morgan fingerprint density at radius 3 is 2.60 bits per heavy atom. The predicted molar refractivity (Wildman–Crippen MR) is 55.8 cm³/mol. The molecule has 0 aromatic heterocycles. The molecule has 1 atom stereocenters. The summed E-state index contributed by atoms with van der Waals surface area (Å²) in [5.74, 6) is -0.161. The highest BCUT2D eigenvalue weighted by atomic mass is 32.2. The molecule has 5 heteroatoms. The fraction of sp³-hybridized carbons (Fsp3) is 0.800. The van der Waals surface area contributed by atoms with E-state index >= 15 is 0 Å². The zero-order valence-electron chi connectivity index (χ0n) is 8.82. The first-order chi connectivity index (χ1) is 6.90. The molecule has 0 bridgehead atoms. The number of nitriles is 1. The number of carbonyl (C=O) groups excluding carboxylic acids is 1. The topological polar surface area (TPSA) is 75.0 Å². The molecule has 0 amide bonds. The van der Waals surface area contributed by atoms with Gasteiger partial charge in [0.2, 0.25) is 0 Å². The van der Waals surface area contributed by atoms with Crippen molar-refractivity contribution in [1.82, 2.24) is 0 Å². The first kappa shape index (κ1) is 12.2. The lowest BCUT2D eigenvalue weighted by Gasteiger charge is -2.28. The van der Waals surface area contributed by atoms with Crippen molar-refractivity contribution in [3.63, 3.8) is 0 Å². The SMILES string of the molecule is CS(=O)(=O)CCC1(C#N)CCCCC1=O. The van der Waals surface area contributed by atoms with E-state index in [1.807, 2.05) is 6.07 Å². The lowest BCUT2D eigenvalue weighted by atomic mass is 9.72. The summed E-state index contributed by atoms with van der Waals surface area (Å²) in [6, 6.07) is 2.03. The Labute approximate surface area is 90.2 Å². The number of hydrogen-bond acceptors (Lipinski definition) is 4. The van der Waals surface area contributed by atoms with E-state index in [9.17, 15) is 13.2 Å². The van der Waals surface area contributed by atoms with Crippen LogP contribution in [0.25, 0.3) is 0 Å². The maximum absolute atomic E-state index is 11.6. The number of Topliss-reactive ketones (excluding diaryl/α,β-unsaturated/α-hetero) is 1. The molecular formula is C10H15NO3S. The smallest absolute Gasteiger partial charge is 0.153 e. The quantitative estimate of drug-likeness (QED) is 0.725. The first-order valence-corrected chi connectivity index (χ1v) is 7.08. The Balaban J connectivity index is 2.77. The molecule has 15 heavy (non-hydrogen) atoms. The van der Waals surface area contributed by atoms with E-state index in [-0.39, 0.29) is 18.0 Å². The van der Waals surface area contributed by atoms with Crippen LogP contribution in [0.2, 0.25) is 0 Å². The minimum atomic E-state index is -3.10. The molecule has 0 radical (unpaired) electrons. The van der Waals surface area contributed by atoms with E-state index in [1.54, 1.807) is 0 Å². The molecule has 0 saturated heterocycles. The molecule has 1 aliphatic rings. The third-order valence-electron chi connectivity index (χ3n) is 2.90. The summed E-state index contributed by atoms with van der Waals surface area (Å²) in [6.07, 6.45) is 3.87. The van der Waals surface area contributed by atoms with Crippen LogP contribution < -0.4 is 0 Å². The fourth-order valence-electron chi connectivity index (χ4n) is 1.89. The molecule has 1 saturated carbocycles. The van der Waals surface area contributed by atoms with Gasteiger partial charge in [0.25, 0.3) is 0 Å². The van der Waals surface area contributed by atoms with Gasteiger partial charge in [0.05, 0.1) is 11.8 Å². The number of carbonyl (C=O) groups is 1. The van der Waals surface area contributed by atoms with Crippen LogP contribution in [0.5, 0.6) is 0 Å². The van der Waals surface area contributed by atoms with E-state index in [4.69, 9.17) is 5.26 Å². The molecule has 1 unspecified atom stereocenters. The van der Waals surface area contributed by atoms with Gasteiger partial charge >= 0.3 is 0 Å². The van der Waals surface area contributed by atoms with Crippen LogP contribution in [0.4, 0.5) is 0 Å². The second-order valence-electron chi connectivity index (χ2n) is 4.20. The number of nitrogens with zero attached hydrogens (tertiary/aromatic N) is 1. The first-order valence-electron chi connectivity index (χ1n) is 5.02. The van der Waals surface area contributed by atoms with Gasteiger partial charge in [-0.25, -0.2) is 8.42 Å². The van der Waals surface area contributed by atoms with Crippen molar-refractivity contribution in [3.8, 4) is 6.07 Å². The zero-order valence-corrected chi connectivity index (χ0v) is 9.64. The maximum Gasteiger partial charge on any atom is 0.153 e. The highest BCUT2D eigenvalue weighted by Gasteiger charge is 2.40. The van der Waals surface area contributed by atoms with Crippen molar-refractivity contribution >= 4 is 15.6 Å². The molecule has 1 rings (SSSR count). The average Bonchev–Trinajstić information content (AvgIpc) is 2.16. The standard InChI is InChI=1S/C10H15NO3S/c1-15(13,14)7-6-10(8-11)5-3-2-4-9(10)12/h2-7H2,1H3. The van der Waals surface area contributed by atoms with E-state index in [2.05, 4.69) is 0 Å². The molecule has 0 N–H and O–H groups in total. The van der Waals surface area contributed by atoms with Gasteiger partial charge in [0, 0.05) is 12.7 Å². The van der Waals surface area contributed by atoms with E-state index in [1.165, 1.54) is 0 Å². The number of rotatable bonds is 3. The average molecular weight is 229 g/mol. The molecule has 4 nitrogen and oxygen atoms in total. The van der Waals surface area contributed by atoms with Crippen LogP contribution >= 0.6 is 0 Å². The second kappa shape index (κ2) is 4.31. The minimum absolute atomic E-state index is 0.0771. The van der Waals surface area contributed by atoms with Crippen molar-refractivity contribution in [2.24, 2.45) is 5.41 Å². The Kier molecular flexibility index (Phi) is 3.50. The largest absolute Gasteiger partial charge is 0.298 e. The fourth-order valence-corrected chi connectivity index (χ4v) is 2.61. The maximum atomic E-state index is 11.6. The van der Waals surface area contributed by atoms with Gasteiger partial charge in [0.1, 0.15) is 15.3 Å². The van der Waals surface area contributed by atoms with Crippen molar-refractivity contribution in [1.29, 1.82) is 5.26 Å². The Morgan fingerprint density at radius 2 is 2.13 bits per heavy atom. The van der Waals surface area contributed by atoms with Crippen LogP contribution in [-0.4, -0.2) is 26.2 Å². The third kappa shape index (κ3) is 3.03. The highest BCUT2D eigenvalue weighted by molar-refractivity contribution is 7.90. The number of sulfone groups is 1. The second-order valence-corrected chi connectivity index (χ2v) is 6.46.